The van der Waals surface area contributed by atoms with Crippen molar-refractivity contribution in [2.24, 2.45) is 5.92 Å². The quantitative estimate of drug-likeness (QED) is 0.813. The molecule has 1 aliphatic heterocycles. The van der Waals surface area contributed by atoms with Crippen LogP contribution in [0.1, 0.15) is 18.6 Å². The summed E-state index contributed by atoms with van der Waals surface area (Å²) < 4.78 is 0. The summed E-state index contributed by atoms with van der Waals surface area (Å²) >= 11 is 0. The fraction of sp³-hybridized carbons (Fsp3) is 0.588. The Morgan fingerprint density at radius 3 is 2.50 bits per heavy atom. The molecule has 2 unspecified atom stereocenters. The van der Waals surface area contributed by atoms with Crippen LogP contribution < -0.4 is 5.32 Å². The third-order valence-electron chi connectivity index (χ3n) is 4.15. The van der Waals surface area contributed by atoms with Crippen molar-refractivity contribution in [1.82, 2.24) is 15.1 Å². The van der Waals surface area contributed by atoms with Crippen molar-refractivity contribution in [3.05, 3.63) is 35.9 Å². The van der Waals surface area contributed by atoms with Crippen LogP contribution in [0.15, 0.2) is 30.3 Å². The Morgan fingerprint density at radius 2 is 1.86 bits per heavy atom. The van der Waals surface area contributed by atoms with E-state index in [0.29, 0.717) is 18.0 Å². The molecular formula is C17H27N3O2. The average molecular weight is 305 g/mol. The number of piperazine rings is 1. The molecule has 1 fully saturated rings. The number of carbonyl (C=O) groups excluding carboxylic acids is 1. The van der Waals surface area contributed by atoms with E-state index in [2.05, 4.69) is 29.1 Å². The molecule has 22 heavy (non-hydrogen) atoms. The standard InChI is InChI=1S/C17H27N3O2/c1-14(13-20-10-8-19(2)9-11-20)12-18-17(22)16(21)15-6-4-3-5-7-15/h3-7,14,16,21H,8-13H2,1-2H3,(H,18,22). The lowest BCUT2D eigenvalue weighted by atomic mass is 10.1. The van der Waals surface area contributed by atoms with E-state index in [-0.39, 0.29) is 5.91 Å². The number of carbonyl (C=O) groups is 1. The first-order valence-corrected chi connectivity index (χ1v) is 7.98. The van der Waals surface area contributed by atoms with Gasteiger partial charge in [0.2, 0.25) is 0 Å². The Bertz CT molecular complexity index is 458. The summed E-state index contributed by atoms with van der Waals surface area (Å²) in [4.78, 5) is 16.8. The largest absolute Gasteiger partial charge is 0.378 e. The number of aliphatic hydroxyl groups excluding tert-OH is 1. The van der Waals surface area contributed by atoms with Crippen LogP contribution in [0, 0.1) is 5.92 Å². The maximum absolute atomic E-state index is 12.0. The van der Waals surface area contributed by atoms with Crippen LogP contribution in [0.25, 0.3) is 0 Å². The normalized spacial score (nSPS) is 19.6. The highest BCUT2D eigenvalue weighted by molar-refractivity contribution is 5.81. The molecular weight excluding hydrogens is 278 g/mol. The van der Waals surface area contributed by atoms with Crippen LogP contribution in [-0.4, -0.2) is 67.1 Å². The number of nitrogens with one attached hydrogen (secondary N) is 1. The summed E-state index contributed by atoms with van der Waals surface area (Å²) in [5, 5.41) is 12.9. The molecule has 122 valence electrons. The second kappa shape index (κ2) is 8.27. The number of hydrogen-bond donors (Lipinski definition) is 2. The smallest absolute Gasteiger partial charge is 0.253 e. The Balaban J connectivity index is 1.71. The Kier molecular flexibility index (Phi) is 6.36. The molecule has 1 aliphatic rings. The molecule has 0 bridgehead atoms. The van der Waals surface area contributed by atoms with E-state index >= 15 is 0 Å². The number of likely N-dealkylation sites (N-methyl/N-ethyl adjacent to an activating group) is 1. The molecule has 2 rings (SSSR count). The highest BCUT2D eigenvalue weighted by atomic mass is 16.3. The van der Waals surface area contributed by atoms with Crippen molar-refractivity contribution in [2.75, 3.05) is 46.3 Å². The molecule has 0 saturated carbocycles. The van der Waals surface area contributed by atoms with Gasteiger partial charge in [0.15, 0.2) is 6.10 Å². The average Bonchev–Trinajstić information content (AvgIpc) is 2.55. The minimum Gasteiger partial charge on any atom is -0.378 e. The maximum Gasteiger partial charge on any atom is 0.253 e. The zero-order valence-electron chi connectivity index (χ0n) is 13.5. The van der Waals surface area contributed by atoms with Crippen molar-refractivity contribution in [3.63, 3.8) is 0 Å². The van der Waals surface area contributed by atoms with Crippen LogP contribution in [0.5, 0.6) is 0 Å². The van der Waals surface area contributed by atoms with Crippen molar-refractivity contribution >= 4 is 5.91 Å². The highest BCUT2D eigenvalue weighted by Crippen LogP contribution is 2.12. The first kappa shape index (κ1) is 16.9. The molecule has 1 aromatic rings. The predicted molar refractivity (Wildman–Crippen MR) is 87.5 cm³/mol. The number of rotatable bonds is 6. The molecule has 2 N–H and O–H groups in total. The maximum atomic E-state index is 12.0. The fourth-order valence-corrected chi connectivity index (χ4v) is 2.69. The number of amides is 1. The van der Waals surface area contributed by atoms with Crippen LogP contribution in [0.3, 0.4) is 0 Å². The van der Waals surface area contributed by atoms with Gasteiger partial charge in [0.05, 0.1) is 0 Å². The molecule has 0 spiro atoms. The number of benzene rings is 1. The van der Waals surface area contributed by atoms with Crippen molar-refractivity contribution in [3.8, 4) is 0 Å². The Morgan fingerprint density at radius 1 is 1.23 bits per heavy atom. The van der Waals surface area contributed by atoms with Gasteiger partial charge in [-0.15, -0.1) is 0 Å². The van der Waals surface area contributed by atoms with Gasteiger partial charge in [0.1, 0.15) is 0 Å². The van der Waals surface area contributed by atoms with Gasteiger partial charge in [-0.05, 0) is 18.5 Å². The van der Waals surface area contributed by atoms with E-state index in [4.69, 9.17) is 0 Å². The zero-order chi connectivity index (χ0) is 15.9. The van der Waals surface area contributed by atoms with Gasteiger partial charge in [-0.25, -0.2) is 0 Å². The summed E-state index contributed by atoms with van der Waals surface area (Å²) in [6.45, 7) is 8.08. The second-order valence-corrected chi connectivity index (χ2v) is 6.27. The molecule has 5 heteroatoms. The van der Waals surface area contributed by atoms with Gasteiger partial charge in [-0.1, -0.05) is 37.3 Å². The molecule has 0 aliphatic carbocycles. The Labute approximate surface area is 132 Å². The summed E-state index contributed by atoms with van der Waals surface area (Å²) in [5.74, 6) is 0.0479. The van der Waals surface area contributed by atoms with Crippen LogP contribution in [0.4, 0.5) is 0 Å². The molecule has 0 radical (unpaired) electrons. The first-order chi connectivity index (χ1) is 10.6. The van der Waals surface area contributed by atoms with Gasteiger partial charge in [-0.2, -0.15) is 0 Å². The zero-order valence-corrected chi connectivity index (χ0v) is 13.5. The van der Waals surface area contributed by atoms with E-state index < -0.39 is 6.10 Å². The van der Waals surface area contributed by atoms with Gasteiger partial charge in [0.25, 0.3) is 5.91 Å². The lowest BCUT2D eigenvalue weighted by Crippen LogP contribution is -2.47. The summed E-state index contributed by atoms with van der Waals surface area (Å²) in [6, 6.07) is 9.03. The molecule has 0 aromatic heterocycles. The summed E-state index contributed by atoms with van der Waals surface area (Å²) in [5.41, 5.74) is 0.631. The van der Waals surface area contributed by atoms with Crippen molar-refractivity contribution in [2.45, 2.75) is 13.0 Å². The van der Waals surface area contributed by atoms with E-state index in [1.807, 2.05) is 18.2 Å². The van der Waals surface area contributed by atoms with Gasteiger partial charge < -0.3 is 20.2 Å². The summed E-state index contributed by atoms with van der Waals surface area (Å²) in [7, 11) is 2.14. The molecule has 1 amide bonds. The molecule has 1 aromatic carbocycles. The van der Waals surface area contributed by atoms with Crippen molar-refractivity contribution in [1.29, 1.82) is 0 Å². The van der Waals surface area contributed by atoms with Crippen LogP contribution >= 0.6 is 0 Å². The number of nitrogens with zero attached hydrogens (tertiary/aromatic N) is 2. The third kappa shape index (κ3) is 5.09. The fourth-order valence-electron chi connectivity index (χ4n) is 2.69. The number of hydrogen-bond acceptors (Lipinski definition) is 4. The molecule has 1 heterocycles. The molecule has 5 nitrogen and oxygen atoms in total. The van der Waals surface area contributed by atoms with Crippen LogP contribution in [0.2, 0.25) is 0 Å². The predicted octanol–water partition coefficient (Wildman–Crippen LogP) is 0.720. The first-order valence-electron chi connectivity index (χ1n) is 7.98. The van der Waals surface area contributed by atoms with E-state index in [1.165, 1.54) is 0 Å². The van der Waals surface area contributed by atoms with E-state index in [9.17, 15) is 9.90 Å². The van der Waals surface area contributed by atoms with Crippen molar-refractivity contribution < 1.29 is 9.90 Å². The monoisotopic (exact) mass is 305 g/mol. The lowest BCUT2D eigenvalue weighted by molar-refractivity contribution is -0.129. The van der Waals surface area contributed by atoms with Gasteiger partial charge >= 0.3 is 0 Å². The number of aliphatic hydroxyl groups is 1. The third-order valence-corrected chi connectivity index (χ3v) is 4.15. The molecule has 1 saturated heterocycles. The van der Waals surface area contributed by atoms with E-state index in [0.717, 1.165) is 32.7 Å². The van der Waals surface area contributed by atoms with Gasteiger partial charge in [0, 0.05) is 39.3 Å². The topological polar surface area (TPSA) is 55.8 Å². The minimum atomic E-state index is -1.09. The highest BCUT2D eigenvalue weighted by Gasteiger charge is 2.19. The Hall–Kier alpha value is -1.43. The second-order valence-electron chi connectivity index (χ2n) is 6.27. The summed E-state index contributed by atoms with van der Waals surface area (Å²) in [6.07, 6.45) is -1.09. The van der Waals surface area contributed by atoms with E-state index in [1.54, 1.807) is 12.1 Å². The van der Waals surface area contributed by atoms with Crippen LogP contribution in [-0.2, 0) is 4.79 Å². The minimum absolute atomic E-state index is 0.323. The van der Waals surface area contributed by atoms with Gasteiger partial charge in [-0.3, -0.25) is 4.79 Å². The molecule has 2 atom stereocenters. The lowest BCUT2D eigenvalue weighted by Gasteiger charge is -2.34. The SMILES string of the molecule is CC(CNC(=O)C(O)c1ccccc1)CN1CCN(C)CC1.